The standard InChI is InChI=1S/C21H28N2O4S.C5H13N3/c1-5-6-17-9-10-22-14-19(17)28(26,27)23-13-18-11-16(8-7-15(18)2)12-21(3,4)20(24)25;1-3-8(7)4-5(2)6/h7-11,14,23H,5-6,12-13H2,1-4H3,(H,24,25);4H,3,6-7H2,1-2H3/b;5-4-. The van der Waals surface area contributed by atoms with Gasteiger partial charge in [-0.25, -0.2) is 19.0 Å². The number of sulfonamides is 1. The maximum Gasteiger partial charge on any atom is 0.309 e. The Balaban J connectivity index is 0.000000697. The van der Waals surface area contributed by atoms with Crippen LogP contribution in [0.15, 0.2) is 53.5 Å². The number of aryl methyl sites for hydroxylation is 2. The van der Waals surface area contributed by atoms with Crippen molar-refractivity contribution in [2.75, 3.05) is 6.54 Å². The third-order valence-corrected chi connectivity index (χ3v) is 6.98. The van der Waals surface area contributed by atoms with Crippen LogP contribution < -0.4 is 16.3 Å². The second-order valence-electron chi connectivity index (χ2n) is 9.39. The van der Waals surface area contributed by atoms with Crippen LogP contribution in [-0.2, 0) is 34.2 Å². The van der Waals surface area contributed by atoms with Gasteiger partial charge in [-0.1, -0.05) is 31.5 Å². The summed E-state index contributed by atoms with van der Waals surface area (Å²) in [6.45, 7) is 11.9. The van der Waals surface area contributed by atoms with E-state index in [0.717, 1.165) is 40.9 Å². The molecule has 1 heterocycles. The van der Waals surface area contributed by atoms with Crippen molar-refractivity contribution in [2.24, 2.45) is 17.0 Å². The van der Waals surface area contributed by atoms with Gasteiger partial charge in [-0.3, -0.25) is 9.78 Å². The molecule has 0 saturated heterocycles. The van der Waals surface area contributed by atoms with E-state index in [1.165, 1.54) is 11.2 Å². The number of nitrogens with two attached hydrogens (primary N) is 2. The topological polar surface area (TPSA) is 152 Å². The molecule has 36 heavy (non-hydrogen) atoms. The molecule has 200 valence electrons. The molecule has 6 N–H and O–H groups in total. The number of carbonyl (C=O) groups is 1. The highest BCUT2D eigenvalue weighted by Crippen LogP contribution is 2.24. The number of pyridine rings is 1. The van der Waals surface area contributed by atoms with Crippen LogP contribution in [0.4, 0.5) is 0 Å². The number of benzene rings is 1. The highest BCUT2D eigenvalue weighted by Gasteiger charge is 2.27. The third-order valence-electron chi connectivity index (χ3n) is 5.50. The molecule has 0 saturated carbocycles. The van der Waals surface area contributed by atoms with Gasteiger partial charge in [0.2, 0.25) is 10.0 Å². The molecule has 0 fully saturated rings. The maximum absolute atomic E-state index is 12.8. The molecule has 0 aliphatic heterocycles. The molecule has 0 spiro atoms. The minimum atomic E-state index is -3.70. The van der Waals surface area contributed by atoms with Gasteiger partial charge in [-0.05, 0) is 75.8 Å². The van der Waals surface area contributed by atoms with Crippen molar-refractivity contribution in [2.45, 2.75) is 72.2 Å². The molecule has 2 rings (SSSR count). The van der Waals surface area contributed by atoms with Gasteiger partial charge in [-0.2, -0.15) is 0 Å². The average molecular weight is 520 g/mol. The summed E-state index contributed by atoms with van der Waals surface area (Å²) in [5, 5.41) is 10.9. The Labute approximate surface area is 215 Å². The van der Waals surface area contributed by atoms with Gasteiger partial charge in [0.25, 0.3) is 0 Å². The fraction of sp³-hybridized carbons (Fsp3) is 0.462. The average Bonchev–Trinajstić information content (AvgIpc) is 2.79. The van der Waals surface area contributed by atoms with E-state index >= 15 is 0 Å². The number of allylic oxidation sites excluding steroid dienone is 1. The zero-order valence-corrected chi connectivity index (χ0v) is 23.0. The van der Waals surface area contributed by atoms with Crippen LogP contribution in [0, 0.1) is 12.3 Å². The van der Waals surface area contributed by atoms with E-state index in [1.54, 1.807) is 39.2 Å². The molecule has 0 atom stereocenters. The van der Waals surface area contributed by atoms with Crippen molar-refractivity contribution in [1.82, 2.24) is 14.7 Å². The normalized spacial score (nSPS) is 12.0. The fourth-order valence-corrected chi connectivity index (χ4v) is 4.56. The molecule has 0 aliphatic carbocycles. The summed E-state index contributed by atoms with van der Waals surface area (Å²) in [7, 11) is -3.70. The largest absolute Gasteiger partial charge is 0.481 e. The first-order valence-corrected chi connectivity index (χ1v) is 13.4. The summed E-state index contributed by atoms with van der Waals surface area (Å²) in [6, 6.07) is 7.39. The molecule has 9 nitrogen and oxygen atoms in total. The van der Waals surface area contributed by atoms with Gasteiger partial charge in [0.05, 0.1) is 5.41 Å². The maximum atomic E-state index is 12.8. The predicted molar refractivity (Wildman–Crippen MR) is 143 cm³/mol. The lowest BCUT2D eigenvalue weighted by Crippen LogP contribution is -2.27. The van der Waals surface area contributed by atoms with E-state index < -0.39 is 21.4 Å². The Kier molecular flexibility index (Phi) is 12.1. The lowest BCUT2D eigenvalue weighted by molar-refractivity contribution is -0.146. The van der Waals surface area contributed by atoms with Crippen molar-refractivity contribution in [1.29, 1.82) is 0 Å². The summed E-state index contributed by atoms with van der Waals surface area (Å²) in [5.74, 6) is 4.49. The number of nitrogens with zero attached hydrogens (tertiary/aromatic N) is 2. The first-order chi connectivity index (χ1) is 16.7. The summed E-state index contributed by atoms with van der Waals surface area (Å²) >= 11 is 0. The summed E-state index contributed by atoms with van der Waals surface area (Å²) in [6.07, 6.45) is 6.55. The van der Waals surface area contributed by atoms with E-state index in [2.05, 4.69) is 9.71 Å². The second-order valence-corrected chi connectivity index (χ2v) is 11.1. The number of nitrogens with one attached hydrogen (secondary N) is 1. The summed E-state index contributed by atoms with van der Waals surface area (Å²) in [5.41, 5.74) is 8.52. The fourth-order valence-electron chi connectivity index (χ4n) is 3.34. The van der Waals surface area contributed by atoms with E-state index in [4.69, 9.17) is 11.6 Å². The van der Waals surface area contributed by atoms with Gasteiger partial charge < -0.3 is 15.8 Å². The number of hydrogen-bond acceptors (Lipinski definition) is 7. The van der Waals surface area contributed by atoms with Crippen molar-refractivity contribution >= 4 is 16.0 Å². The Morgan fingerprint density at radius 2 is 1.89 bits per heavy atom. The molecule has 0 amide bonds. The van der Waals surface area contributed by atoms with Gasteiger partial charge >= 0.3 is 5.97 Å². The van der Waals surface area contributed by atoms with E-state index in [0.29, 0.717) is 12.8 Å². The molecule has 0 bridgehead atoms. The van der Waals surface area contributed by atoms with Crippen LogP contribution in [0.5, 0.6) is 0 Å². The summed E-state index contributed by atoms with van der Waals surface area (Å²) < 4.78 is 28.2. The Hall–Kier alpha value is -2.95. The molecule has 0 radical (unpaired) electrons. The zero-order chi connectivity index (χ0) is 27.5. The Morgan fingerprint density at radius 1 is 1.22 bits per heavy atom. The molecule has 0 unspecified atom stereocenters. The van der Waals surface area contributed by atoms with Crippen molar-refractivity contribution in [3.8, 4) is 0 Å². The molecular formula is C26H41N5O4S. The number of aromatic nitrogens is 1. The first-order valence-electron chi connectivity index (χ1n) is 11.9. The van der Waals surface area contributed by atoms with Gasteiger partial charge in [0, 0.05) is 37.4 Å². The SMILES string of the molecule is CCCc1ccncc1S(=O)(=O)NCc1cc(CC(C)(C)C(=O)O)ccc1C.CCN(N)/C=C(/C)N. The smallest absolute Gasteiger partial charge is 0.309 e. The third kappa shape index (κ3) is 9.96. The predicted octanol–water partition coefficient (Wildman–Crippen LogP) is 3.48. The number of aliphatic carboxylic acids is 1. The van der Waals surface area contributed by atoms with E-state index in [-0.39, 0.29) is 11.4 Å². The van der Waals surface area contributed by atoms with Crippen LogP contribution in [0.1, 0.15) is 63.3 Å². The van der Waals surface area contributed by atoms with Gasteiger partial charge in [-0.15, -0.1) is 0 Å². The molecule has 2 aromatic rings. The summed E-state index contributed by atoms with van der Waals surface area (Å²) in [4.78, 5) is 15.5. The number of hydrogen-bond donors (Lipinski definition) is 4. The van der Waals surface area contributed by atoms with Crippen LogP contribution in [0.3, 0.4) is 0 Å². The molecule has 1 aromatic heterocycles. The Bertz CT molecular complexity index is 1140. The minimum absolute atomic E-state index is 0.135. The lowest BCUT2D eigenvalue weighted by Gasteiger charge is -2.20. The number of carboxylic acids is 1. The monoisotopic (exact) mass is 519 g/mol. The number of rotatable bonds is 11. The highest BCUT2D eigenvalue weighted by atomic mass is 32.2. The van der Waals surface area contributed by atoms with Crippen LogP contribution in [0.2, 0.25) is 0 Å². The quantitative estimate of drug-likeness (QED) is 0.260. The first kappa shape index (κ1) is 31.1. The number of carboxylic acid groups (broad SMARTS) is 1. The molecule has 0 aliphatic rings. The van der Waals surface area contributed by atoms with E-state index in [9.17, 15) is 18.3 Å². The van der Waals surface area contributed by atoms with Crippen molar-refractivity contribution in [3.63, 3.8) is 0 Å². The van der Waals surface area contributed by atoms with Gasteiger partial charge in [0.15, 0.2) is 0 Å². The minimum Gasteiger partial charge on any atom is -0.481 e. The lowest BCUT2D eigenvalue weighted by atomic mass is 9.85. The molecular weight excluding hydrogens is 478 g/mol. The Morgan fingerprint density at radius 3 is 2.42 bits per heavy atom. The van der Waals surface area contributed by atoms with Crippen LogP contribution >= 0.6 is 0 Å². The molecule has 10 heteroatoms. The van der Waals surface area contributed by atoms with Crippen LogP contribution in [0.25, 0.3) is 0 Å². The van der Waals surface area contributed by atoms with Crippen LogP contribution in [-0.4, -0.2) is 36.0 Å². The molecule has 1 aromatic carbocycles. The second kappa shape index (κ2) is 14.0. The van der Waals surface area contributed by atoms with Crippen molar-refractivity contribution in [3.05, 3.63) is 70.8 Å². The zero-order valence-electron chi connectivity index (χ0n) is 22.2. The van der Waals surface area contributed by atoms with Gasteiger partial charge in [0.1, 0.15) is 4.90 Å². The highest BCUT2D eigenvalue weighted by molar-refractivity contribution is 7.89. The number of hydrazine groups is 1. The van der Waals surface area contributed by atoms with E-state index in [1.807, 2.05) is 39.0 Å². The van der Waals surface area contributed by atoms with Crippen molar-refractivity contribution < 1.29 is 18.3 Å².